The van der Waals surface area contributed by atoms with Gasteiger partial charge in [0.25, 0.3) is 0 Å². The van der Waals surface area contributed by atoms with Gasteiger partial charge >= 0.3 is 0 Å². The van der Waals surface area contributed by atoms with Gasteiger partial charge in [-0.05, 0) is 37.2 Å². The molecule has 0 bridgehead atoms. The second-order valence-electron chi connectivity index (χ2n) is 4.94. The fraction of sp³-hybridized carbons (Fsp3) is 0.588. The maximum Gasteiger partial charge on any atom is 0.189 e. The summed E-state index contributed by atoms with van der Waals surface area (Å²) in [4.78, 5) is 14.3. The summed E-state index contributed by atoms with van der Waals surface area (Å²) in [5.74, 6) is 2.29. The van der Waals surface area contributed by atoms with Crippen molar-refractivity contribution in [2.24, 2.45) is 0 Å². The topological polar surface area (TPSA) is 38.8 Å². The molecule has 0 spiro atoms. The van der Waals surface area contributed by atoms with Gasteiger partial charge in [-0.25, -0.2) is 0 Å². The van der Waals surface area contributed by atoms with Gasteiger partial charge in [0, 0.05) is 18.7 Å². The Balaban J connectivity index is 2.38. The van der Waals surface area contributed by atoms with Gasteiger partial charge in [0.2, 0.25) is 0 Å². The van der Waals surface area contributed by atoms with Gasteiger partial charge < -0.3 is 14.4 Å². The minimum Gasteiger partial charge on any atom is -0.493 e. The quantitative estimate of drug-likeness (QED) is 0.660. The van der Waals surface area contributed by atoms with E-state index in [9.17, 15) is 4.79 Å². The van der Waals surface area contributed by atoms with Crippen molar-refractivity contribution >= 4 is 16.9 Å². The Labute approximate surface area is 138 Å². The number of thioether (sulfide) groups is 1. The average molecular weight is 325 g/mol. The summed E-state index contributed by atoms with van der Waals surface area (Å²) in [6, 6.07) is 5.80. The third-order valence-corrected chi connectivity index (χ3v) is 4.54. The summed E-state index contributed by atoms with van der Waals surface area (Å²) in [6.45, 7) is 7.34. The van der Waals surface area contributed by atoms with Crippen LogP contribution in [0.3, 0.4) is 0 Å². The Morgan fingerprint density at radius 1 is 1.14 bits per heavy atom. The number of nitrogens with zero attached hydrogens (tertiary/aromatic N) is 1. The van der Waals surface area contributed by atoms with Crippen molar-refractivity contribution in [3.05, 3.63) is 23.8 Å². The number of hydrogen-bond acceptors (Lipinski definition) is 5. The predicted molar refractivity (Wildman–Crippen MR) is 93.1 cm³/mol. The Hall–Kier alpha value is -1.20. The molecule has 22 heavy (non-hydrogen) atoms. The molecule has 1 aromatic carbocycles. The molecule has 0 amide bonds. The first-order chi connectivity index (χ1) is 10.6. The third-order valence-electron chi connectivity index (χ3n) is 3.63. The molecular weight excluding hydrogens is 298 g/mol. The van der Waals surface area contributed by atoms with Crippen molar-refractivity contribution in [3.8, 4) is 11.5 Å². The van der Waals surface area contributed by atoms with E-state index in [1.807, 2.05) is 18.2 Å². The van der Waals surface area contributed by atoms with E-state index in [1.54, 1.807) is 14.2 Å². The molecule has 0 saturated carbocycles. The van der Waals surface area contributed by atoms with Gasteiger partial charge in [0.1, 0.15) is 0 Å². The van der Waals surface area contributed by atoms with E-state index in [1.165, 1.54) is 11.8 Å². The van der Waals surface area contributed by atoms with Gasteiger partial charge in [-0.1, -0.05) is 31.7 Å². The molecule has 0 aliphatic heterocycles. The zero-order valence-electron chi connectivity index (χ0n) is 14.1. The summed E-state index contributed by atoms with van der Waals surface area (Å²) in [5, 5.41) is 0.252. The van der Waals surface area contributed by atoms with Crippen LogP contribution in [0.4, 0.5) is 0 Å². The van der Waals surface area contributed by atoms with Gasteiger partial charge in [0.15, 0.2) is 16.6 Å². The van der Waals surface area contributed by atoms with E-state index in [0.29, 0.717) is 17.9 Å². The zero-order chi connectivity index (χ0) is 16.4. The van der Waals surface area contributed by atoms with Crippen LogP contribution in [-0.4, -0.2) is 49.6 Å². The first kappa shape index (κ1) is 18.8. The first-order valence-electron chi connectivity index (χ1n) is 7.73. The number of carbonyl (C=O) groups excluding carboxylic acids is 1. The number of ether oxygens (including phenoxy) is 2. The first-order valence-corrected chi connectivity index (χ1v) is 8.72. The lowest BCUT2D eigenvalue weighted by molar-refractivity contribution is -0.110. The standard InChI is InChI=1S/C17H27NO3S/c1-5-18(6-2)11-12-22-17(19)10-8-14-7-9-15(20-3)16(13-14)21-4/h7,9,13H,5-6,8,10-12H2,1-4H3. The van der Waals surface area contributed by atoms with Gasteiger partial charge in [-0.15, -0.1) is 0 Å². The Kier molecular flexibility index (Phi) is 9.01. The number of methoxy groups -OCH3 is 2. The summed E-state index contributed by atoms with van der Waals surface area (Å²) >= 11 is 1.44. The van der Waals surface area contributed by atoms with Crippen molar-refractivity contribution in [1.82, 2.24) is 4.90 Å². The molecule has 5 heteroatoms. The molecule has 0 atom stereocenters. The van der Waals surface area contributed by atoms with Gasteiger partial charge in [-0.2, -0.15) is 0 Å². The minimum absolute atomic E-state index is 0.252. The molecular formula is C17H27NO3S. The Morgan fingerprint density at radius 3 is 2.41 bits per heavy atom. The molecule has 0 saturated heterocycles. The van der Waals surface area contributed by atoms with Crippen LogP contribution in [0.2, 0.25) is 0 Å². The highest BCUT2D eigenvalue weighted by Gasteiger charge is 2.08. The van der Waals surface area contributed by atoms with Gasteiger partial charge in [0.05, 0.1) is 14.2 Å². The van der Waals surface area contributed by atoms with Crippen molar-refractivity contribution in [3.63, 3.8) is 0 Å². The molecule has 0 heterocycles. The van der Waals surface area contributed by atoms with Gasteiger partial charge in [-0.3, -0.25) is 4.79 Å². The lowest BCUT2D eigenvalue weighted by Gasteiger charge is -2.16. The molecule has 0 aliphatic rings. The summed E-state index contributed by atoms with van der Waals surface area (Å²) in [6.07, 6.45) is 1.29. The summed E-state index contributed by atoms with van der Waals surface area (Å²) in [7, 11) is 3.24. The molecule has 4 nitrogen and oxygen atoms in total. The highest BCUT2D eigenvalue weighted by atomic mass is 32.2. The molecule has 0 aliphatic carbocycles. The predicted octanol–water partition coefficient (Wildman–Crippen LogP) is 3.24. The number of carbonyl (C=O) groups is 1. The molecule has 0 fully saturated rings. The molecule has 0 radical (unpaired) electrons. The number of benzene rings is 1. The molecule has 0 aromatic heterocycles. The smallest absolute Gasteiger partial charge is 0.189 e. The third kappa shape index (κ3) is 6.28. The van der Waals surface area contributed by atoms with Crippen LogP contribution in [0.5, 0.6) is 11.5 Å². The second-order valence-corrected chi connectivity index (χ2v) is 6.09. The van der Waals surface area contributed by atoms with Crippen molar-refractivity contribution < 1.29 is 14.3 Å². The normalized spacial score (nSPS) is 10.8. The maximum atomic E-state index is 11.9. The van der Waals surface area contributed by atoms with E-state index in [2.05, 4.69) is 18.7 Å². The fourth-order valence-corrected chi connectivity index (χ4v) is 3.01. The van der Waals surface area contributed by atoms with E-state index in [0.717, 1.165) is 37.4 Å². The lowest BCUT2D eigenvalue weighted by Crippen LogP contribution is -2.25. The molecule has 1 rings (SSSR count). The number of rotatable bonds is 10. The number of aryl methyl sites for hydroxylation is 1. The summed E-state index contributed by atoms with van der Waals surface area (Å²) in [5.41, 5.74) is 1.09. The second kappa shape index (κ2) is 10.5. The number of hydrogen-bond donors (Lipinski definition) is 0. The van der Waals surface area contributed by atoms with Crippen LogP contribution in [0.25, 0.3) is 0 Å². The molecule has 0 N–H and O–H groups in total. The molecule has 124 valence electrons. The van der Waals surface area contributed by atoms with Crippen molar-refractivity contribution in [1.29, 1.82) is 0 Å². The van der Waals surface area contributed by atoms with Crippen LogP contribution in [0, 0.1) is 0 Å². The van der Waals surface area contributed by atoms with E-state index in [-0.39, 0.29) is 5.12 Å². The van der Waals surface area contributed by atoms with E-state index < -0.39 is 0 Å². The Morgan fingerprint density at radius 2 is 1.82 bits per heavy atom. The van der Waals surface area contributed by atoms with Crippen LogP contribution in [0.15, 0.2) is 18.2 Å². The lowest BCUT2D eigenvalue weighted by atomic mass is 10.1. The largest absolute Gasteiger partial charge is 0.493 e. The van der Waals surface area contributed by atoms with Crippen LogP contribution >= 0.6 is 11.8 Å². The molecule has 0 unspecified atom stereocenters. The SMILES string of the molecule is CCN(CC)CCSC(=O)CCc1ccc(OC)c(OC)c1. The zero-order valence-corrected chi connectivity index (χ0v) is 14.9. The minimum atomic E-state index is 0.252. The van der Waals surface area contributed by atoms with Crippen LogP contribution < -0.4 is 9.47 Å². The van der Waals surface area contributed by atoms with Crippen molar-refractivity contribution in [2.45, 2.75) is 26.7 Å². The summed E-state index contributed by atoms with van der Waals surface area (Å²) < 4.78 is 10.5. The van der Waals surface area contributed by atoms with E-state index >= 15 is 0 Å². The average Bonchev–Trinajstić information content (AvgIpc) is 2.56. The van der Waals surface area contributed by atoms with Crippen LogP contribution in [-0.2, 0) is 11.2 Å². The maximum absolute atomic E-state index is 11.9. The Bertz CT molecular complexity index is 461. The fourth-order valence-electron chi connectivity index (χ4n) is 2.18. The monoisotopic (exact) mass is 325 g/mol. The highest BCUT2D eigenvalue weighted by Crippen LogP contribution is 2.28. The van der Waals surface area contributed by atoms with Crippen LogP contribution in [0.1, 0.15) is 25.8 Å². The highest BCUT2D eigenvalue weighted by molar-refractivity contribution is 8.13. The van der Waals surface area contributed by atoms with E-state index in [4.69, 9.17) is 9.47 Å². The molecule has 1 aromatic rings. The van der Waals surface area contributed by atoms with Crippen molar-refractivity contribution in [2.75, 3.05) is 39.6 Å².